The highest BCUT2D eigenvalue weighted by atomic mass is 28.4. The largest absolute Gasteiger partial charge is 0.417 e. The van der Waals surface area contributed by atoms with Gasteiger partial charge in [-0.25, -0.2) is 0 Å². The van der Waals surface area contributed by atoms with Gasteiger partial charge in [-0.1, -0.05) is 20.8 Å². The highest BCUT2D eigenvalue weighted by Gasteiger charge is 2.38. The Hall–Kier alpha value is -2.84. The SMILES string of the molecule is CC(C)(C)[Si](C)(C)OCCCN1C(=O)c2ccc3c4c(ccc(c24)C1=O)C(=O)NC3=O. The quantitative estimate of drug-likeness (QED) is 0.436. The van der Waals surface area contributed by atoms with Gasteiger partial charge in [0.15, 0.2) is 8.32 Å². The summed E-state index contributed by atoms with van der Waals surface area (Å²) in [6.45, 7) is 11.5. The minimum atomic E-state index is -1.90. The van der Waals surface area contributed by atoms with Gasteiger partial charge in [-0.3, -0.25) is 29.4 Å². The number of carbonyl (C=O) groups is 4. The average Bonchev–Trinajstić information content (AvgIpc) is 2.68. The minimum Gasteiger partial charge on any atom is -0.417 e. The van der Waals surface area contributed by atoms with Crippen molar-refractivity contribution in [1.82, 2.24) is 10.2 Å². The Kier molecular flexibility index (Phi) is 4.90. The van der Waals surface area contributed by atoms with Gasteiger partial charge in [0.2, 0.25) is 0 Å². The molecule has 0 aromatic heterocycles. The lowest BCUT2D eigenvalue weighted by atomic mass is 9.86. The lowest BCUT2D eigenvalue weighted by molar-refractivity contribution is 0.0600. The van der Waals surface area contributed by atoms with E-state index in [1.54, 1.807) is 24.3 Å². The number of benzene rings is 2. The summed E-state index contributed by atoms with van der Waals surface area (Å²) in [5.74, 6) is -1.86. The van der Waals surface area contributed by atoms with Crippen molar-refractivity contribution in [2.45, 2.75) is 45.3 Å². The van der Waals surface area contributed by atoms with Crippen molar-refractivity contribution in [2.24, 2.45) is 0 Å². The predicted molar refractivity (Wildman–Crippen MR) is 119 cm³/mol. The number of rotatable bonds is 5. The second-order valence-corrected chi connectivity index (χ2v) is 14.4. The molecule has 0 saturated carbocycles. The Labute approximate surface area is 181 Å². The van der Waals surface area contributed by atoms with E-state index in [9.17, 15) is 19.2 Å². The number of nitrogens with one attached hydrogen (secondary N) is 1. The number of hydrogen-bond acceptors (Lipinski definition) is 5. The molecule has 0 aliphatic carbocycles. The van der Waals surface area contributed by atoms with Gasteiger partial charge in [0.05, 0.1) is 0 Å². The van der Waals surface area contributed by atoms with Crippen molar-refractivity contribution in [3.8, 4) is 0 Å². The Morgan fingerprint density at radius 2 is 1.29 bits per heavy atom. The van der Waals surface area contributed by atoms with E-state index in [1.807, 2.05) is 0 Å². The van der Waals surface area contributed by atoms with Crippen LogP contribution in [-0.2, 0) is 4.43 Å². The monoisotopic (exact) mass is 438 g/mol. The molecule has 8 heteroatoms. The number of hydrogen-bond donors (Lipinski definition) is 1. The molecule has 2 heterocycles. The fourth-order valence-corrected chi connectivity index (χ4v) is 4.91. The fraction of sp³-hybridized carbons (Fsp3) is 0.391. The second-order valence-electron chi connectivity index (χ2n) is 9.58. The molecule has 0 bridgehead atoms. The Bertz CT molecular complexity index is 1090. The van der Waals surface area contributed by atoms with E-state index in [2.05, 4.69) is 39.2 Å². The summed E-state index contributed by atoms with van der Waals surface area (Å²) >= 11 is 0. The first-order valence-corrected chi connectivity index (χ1v) is 13.3. The second kappa shape index (κ2) is 7.10. The number of carbonyl (C=O) groups excluding carboxylic acids is 4. The molecule has 7 nitrogen and oxygen atoms in total. The first kappa shape index (κ1) is 21.4. The predicted octanol–water partition coefficient (Wildman–Crippen LogP) is 3.73. The average molecular weight is 439 g/mol. The van der Waals surface area contributed by atoms with E-state index in [1.165, 1.54) is 4.90 Å². The van der Waals surface area contributed by atoms with E-state index < -0.39 is 31.9 Å². The molecule has 162 valence electrons. The van der Waals surface area contributed by atoms with Gasteiger partial charge in [-0.05, 0) is 48.8 Å². The van der Waals surface area contributed by atoms with Crippen molar-refractivity contribution in [3.05, 3.63) is 46.5 Å². The fourth-order valence-electron chi connectivity index (χ4n) is 3.82. The molecule has 0 fully saturated rings. The van der Waals surface area contributed by atoms with Crippen molar-refractivity contribution in [1.29, 1.82) is 0 Å². The van der Waals surface area contributed by atoms with Crippen LogP contribution in [0.2, 0.25) is 18.1 Å². The van der Waals surface area contributed by atoms with E-state index in [-0.39, 0.29) is 11.6 Å². The van der Waals surface area contributed by atoms with Crippen molar-refractivity contribution >= 4 is 42.7 Å². The van der Waals surface area contributed by atoms with Crippen LogP contribution < -0.4 is 5.32 Å². The van der Waals surface area contributed by atoms with Crippen molar-refractivity contribution < 1.29 is 23.6 Å². The Morgan fingerprint density at radius 1 is 0.839 bits per heavy atom. The first-order chi connectivity index (χ1) is 14.4. The maximum atomic E-state index is 13.1. The molecule has 1 N–H and O–H groups in total. The number of nitrogens with zero attached hydrogens (tertiary/aromatic N) is 1. The van der Waals surface area contributed by atoms with Crippen LogP contribution >= 0.6 is 0 Å². The topological polar surface area (TPSA) is 92.8 Å². The van der Waals surface area contributed by atoms with E-state index in [0.29, 0.717) is 46.1 Å². The lowest BCUT2D eigenvalue weighted by Crippen LogP contribution is -2.43. The summed E-state index contributed by atoms with van der Waals surface area (Å²) in [7, 11) is -1.90. The van der Waals surface area contributed by atoms with E-state index in [0.717, 1.165) is 0 Å². The van der Waals surface area contributed by atoms with Gasteiger partial charge in [0.1, 0.15) is 0 Å². The molecule has 2 aromatic carbocycles. The molecule has 0 radical (unpaired) electrons. The zero-order valence-corrected chi connectivity index (χ0v) is 19.4. The molecule has 0 saturated heterocycles. The lowest BCUT2D eigenvalue weighted by Gasteiger charge is -2.36. The summed E-state index contributed by atoms with van der Waals surface area (Å²) in [5, 5.41) is 3.15. The molecule has 4 amide bonds. The van der Waals surface area contributed by atoms with E-state index >= 15 is 0 Å². The molecular formula is C23H26N2O5Si. The van der Waals surface area contributed by atoms with Gasteiger partial charge < -0.3 is 4.43 Å². The maximum absolute atomic E-state index is 13.1. The summed E-state index contributed by atoms with van der Waals surface area (Å²) < 4.78 is 6.17. The van der Waals surface area contributed by atoms with Crippen LogP contribution in [0.25, 0.3) is 10.8 Å². The molecule has 0 atom stereocenters. The summed E-state index contributed by atoms with van der Waals surface area (Å²) in [6.07, 6.45) is 0.541. The highest BCUT2D eigenvalue weighted by Crippen LogP contribution is 2.37. The molecular weight excluding hydrogens is 412 g/mol. The Morgan fingerprint density at radius 3 is 1.77 bits per heavy atom. The third-order valence-electron chi connectivity index (χ3n) is 6.62. The van der Waals surface area contributed by atoms with Crippen LogP contribution in [0.5, 0.6) is 0 Å². The van der Waals surface area contributed by atoms with Crippen LogP contribution in [0.4, 0.5) is 0 Å². The van der Waals surface area contributed by atoms with Crippen LogP contribution in [0.15, 0.2) is 24.3 Å². The van der Waals surface area contributed by atoms with Crippen LogP contribution in [0, 0.1) is 0 Å². The van der Waals surface area contributed by atoms with Crippen LogP contribution in [-0.4, -0.2) is 50.0 Å². The van der Waals surface area contributed by atoms with Gasteiger partial charge in [0, 0.05) is 46.2 Å². The zero-order chi connectivity index (χ0) is 22.7. The van der Waals surface area contributed by atoms with Crippen LogP contribution in [0.1, 0.15) is 68.6 Å². The third-order valence-corrected chi connectivity index (χ3v) is 11.2. The molecule has 31 heavy (non-hydrogen) atoms. The smallest absolute Gasteiger partial charge is 0.261 e. The number of amides is 4. The normalized spacial score (nSPS) is 16.2. The molecule has 2 aliphatic heterocycles. The van der Waals surface area contributed by atoms with Crippen molar-refractivity contribution in [2.75, 3.05) is 13.2 Å². The summed E-state index contributed by atoms with van der Waals surface area (Å²) in [5.41, 5.74) is 1.27. The van der Waals surface area contributed by atoms with Crippen molar-refractivity contribution in [3.63, 3.8) is 0 Å². The molecule has 4 rings (SSSR count). The minimum absolute atomic E-state index is 0.0858. The van der Waals surface area contributed by atoms with Gasteiger partial charge >= 0.3 is 0 Å². The highest BCUT2D eigenvalue weighted by molar-refractivity contribution is 6.74. The van der Waals surface area contributed by atoms with E-state index in [4.69, 9.17) is 4.43 Å². The zero-order valence-electron chi connectivity index (χ0n) is 18.4. The Balaban J connectivity index is 1.62. The molecule has 0 spiro atoms. The molecule has 0 unspecified atom stereocenters. The maximum Gasteiger partial charge on any atom is 0.261 e. The summed E-state index contributed by atoms with van der Waals surface area (Å²) in [6, 6.07) is 6.21. The van der Waals surface area contributed by atoms with Crippen LogP contribution in [0.3, 0.4) is 0 Å². The van der Waals surface area contributed by atoms with Gasteiger partial charge in [0.25, 0.3) is 23.6 Å². The summed E-state index contributed by atoms with van der Waals surface area (Å²) in [4.78, 5) is 52.0. The molecule has 2 aliphatic rings. The van der Waals surface area contributed by atoms with Gasteiger partial charge in [-0.2, -0.15) is 0 Å². The standard InChI is InChI=1S/C23H26N2O5Si/c1-23(2,3)31(4,5)30-12-6-11-25-21(28)15-9-7-13-17-14(20(27)24-19(13)26)8-10-16(18(15)17)22(25)29/h7-10H,6,11-12H2,1-5H3,(H,24,26,27). The first-order valence-electron chi connectivity index (χ1n) is 10.4. The number of imide groups is 2. The molecule has 2 aromatic rings. The van der Waals surface area contributed by atoms with Gasteiger partial charge in [-0.15, -0.1) is 0 Å². The third kappa shape index (κ3) is 3.30.